The van der Waals surface area contributed by atoms with Crippen LogP contribution in [0.25, 0.3) is 17.2 Å². The number of ether oxygens (including phenoxy) is 4. The summed E-state index contributed by atoms with van der Waals surface area (Å²) in [6.07, 6.45) is 15.4. The highest BCUT2D eigenvalue weighted by atomic mass is 16.5. The first-order valence-corrected chi connectivity index (χ1v) is 22.0. The molecule has 0 aliphatic heterocycles. The number of unbranched alkanes of at least 4 members (excludes halogenated alkanes) is 8. The van der Waals surface area contributed by atoms with Gasteiger partial charge in [-0.1, -0.05) is 132 Å². The molecule has 0 saturated heterocycles. The zero-order chi connectivity index (χ0) is 41.5. The maximum Gasteiger partial charge on any atom is 0.341 e. The van der Waals surface area contributed by atoms with Crippen LogP contribution in [0.4, 0.5) is 0 Å². The molecule has 0 saturated carbocycles. The molecular formula is C52H66O6. The summed E-state index contributed by atoms with van der Waals surface area (Å²) in [6.45, 7) is 16.1. The number of hydrogen-bond acceptors (Lipinski definition) is 6. The fourth-order valence-electron chi connectivity index (χ4n) is 8.28. The lowest BCUT2D eigenvalue weighted by atomic mass is 9.66. The molecule has 0 bridgehead atoms. The Balaban J connectivity index is 1.80. The number of allylic oxidation sites excluding steroid dienone is 1. The molecule has 0 atom stereocenters. The van der Waals surface area contributed by atoms with Crippen molar-refractivity contribution >= 4 is 18.0 Å². The minimum absolute atomic E-state index is 0.241. The van der Waals surface area contributed by atoms with Gasteiger partial charge in [-0.3, -0.25) is 0 Å². The Hall–Kier alpha value is -4.84. The molecule has 0 heterocycles. The summed E-state index contributed by atoms with van der Waals surface area (Å²) < 4.78 is 24.0. The number of aryl methyl sites for hydroxylation is 1. The molecule has 6 heteroatoms. The summed E-state index contributed by atoms with van der Waals surface area (Å²) in [5.41, 5.74) is 9.52. The Morgan fingerprint density at radius 1 is 0.569 bits per heavy atom. The summed E-state index contributed by atoms with van der Waals surface area (Å²) in [5.74, 6) is 0.165. The quantitative estimate of drug-likeness (QED) is 0.0485. The molecule has 0 aromatic heterocycles. The molecule has 0 fully saturated rings. The molecule has 0 N–H and O–H groups in total. The van der Waals surface area contributed by atoms with Gasteiger partial charge >= 0.3 is 11.9 Å². The Morgan fingerprint density at radius 2 is 1.07 bits per heavy atom. The third-order valence-corrected chi connectivity index (χ3v) is 11.2. The fraction of sp³-hybridized carbons (Fsp3) is 0.462. The molecule has 5 rings (SSSR count). The first kappa shape index (κ1) is 44.3. The zero-order valence-electron chi connectivity index (χ0n) is 36.3. The van der Waals surface area contributed by atoms with E-state index in [1.54, 1.807) is 0 Å². The third kappa shape index (κ3) is 10.2. The molecular weight excluding hydrogens is 721 g/mol. The maximum absolute atomic E-state index is 13.9. The van der Waals surface area contributed by atoms with E-state index < -0.39 is 17.4 Å². The second-order valence-electron chi connectivity index (χ2n) is 15.7. The number of benzene rings is 4. The van der Waals surface area contributed by atoms with Crippen molar-refractivity contribution in [3.05, 3.63) is 123 Å². The van der Waals surface area contributed by atoms with Crippen LogP contribution in [0.2, 0.25) is 0 Å². The van der Waals surface area contributed by atoms with Crippen molar-refractivity contribution in [1.29, 1.82) is 0 Å². The Bertz CT molecular complexity index is 1940. The highest BCUT2D eigenvalue weighted by Gasteiger charge is 2.47. The molecule has 4 aromatic carbocycles. The number of fused-ring (bicyclic) bond motifs is 3. The van der Waals surface area contributed by atoms with E-state index >= 15 is 0 Å². The minimum atomic E-state index is -0.932. The molecule has 6 nitrogen and oxygen atoms in total. The van der Waals surface area contributed by atoms with Gasteiger partial charge in [-0.15, -0.1) is 0 Å². The minimum Gasteiger partial charge on any atom is -0.493 e. The number of rotatable bonds is 23. The van der Waals surface area contributed by atoms with E-state index in [0.29, 0.717) is 35.8 Å². The number of carbonyl (C=O) groups excluding carboxylic acids is 2. The van der Waals surface area contributed by atoms with Gasteiger partial charge < -0.3 is 18.9 Å². The van der Waals surface area contributed by atoms with Crippen LogP contribution in [-0.2, 0) is 14.9 Å². The lowest BCUT2D eigenvalue weighted by Gasteiger charge is -2.35. The number of esters is 2. The van der Waals surface area contributed by atoms with E-state index in [0.717, 1.165) is 109 Å². The summed E-state index contributed by atoms with van der Waals surface area (Å²) >= 11 is 0. The smallest absolute Gasteiger partial charge is 0.341 e. The van der Waals surface area contributed by atoms with Crippen LogP contribution in [0, 0.1) is 6.92 Å². The normalized spacial score (nSPS) is 12.8. The van der Waals surface area contributed by atoms with Gasteiger partial charge in [0.15, 0.2) is 0 Å². The van der Waals surface area contributed by atoms with Gasteiger partial charge in [0, 0.05) is 0 Å². The predicted octanol–water partition coefficient (Wildman–Crippen LogP) is 13.6. The molecule has 1 aliphatic carbocycles. The lowest BCUT2D eigenvalue weighted by Crippen LogP contribution is -2.30. The average Bonchev–Trinajstić information content (AvgIpc) is 3.50. The van der Waals surface area contributed by atoms with Crippen molar-refractivity contribution in [1.82, 2.24) is 0 Å². The van der Waals surface area contributed by atoms with E-state index in [1.807, 2.05) is 38.1 Å². The Morgan fingerprint density at radius 3 is 1.59 bits per heavy atom. The van der Waals surface area contributed by atoms with Crippen LogP contribution in [0.1, 0.15) is 173 Å². The highest BCUT2D eigenvalue weighted by molar-refractivity contribution is 5.96. The van der Waals surface area contributed by atoms with Gasteiger partial charge in [0.05, 0.1) is 31.8 Å². The maximum atomic E-state index is 13.9. The Kier molecular flexibility index (Phi) is 16.6. The third-order valence-electron chi connectivity index (χ3n) is 11.2. The van der Waals surface area contributed by atoms with Crippen LogP contribution in [0.3, 0.4) is 0 Å². The monoisotopic (exact) mass is 786 g/mol. The summed E-state index contributed by atoms with van der Waals surface area (Å²) in [7, 11) is 0. The van der Waals surface area contributed by atoms with Crippen molar-refractivity contribution in [2.75, 3.05) is 26.4 Å². The first-order chi connectivity index (χ1) is 28.2. The molecule has 0 radical (unpaired) electrons. The largest absolute Gasteiger partial charge is 0.493 e. The Labute approximate surface area is 348 Å². The van der Waals surface area contributed by atoms with Crippen molar-refractivity contribution in [3.8, 4) is 22.6 Å². The van der Waals surface area contributed by atoms with Gasteiger partial charge in [0.2, 0.25) is 0 Å². The molecule has 310 valence electrons. The van der Waals surface area contributed by atoms with Crippen LogP contribution in [0.15, 0.2) is 78.4 Å². The van der Waals surface area contributed by atoms with E-state index in [4.69, 9.17) is 18.9 Å². The van der Waals surface area contributed by atoms with Crippen LogP contribution in [-0.4, -0.2) is 38.4 Å². The zero-order valence-corrected chi connectivity index (χ0v) is 36.3. The predicted molar refractivity (Wildman–Crippen MR) is 237 cm³/mol. The van der Waals surface area contributed by atoms with E-state index in [1.165, 1.54) is 18.4 Å². The van der Waals surface area contributed by atoms with Gasteiger partial charge in [-0.25, -0.2) is 9.59 Å². The topological polar surface area (TPSA) is 71.1 Å². The first-order valence-electron chi connectivity index (χ1n) is 22.0. The summed E-state index contributed by atoms with van der Waals surface area (Å²) in [6, 6.07) is 25.3. The van der Waals surface area contributed by atoms with Crippen LogP contribution in [0.5, 0.6) is 11.5 Å². The fourth-order valence-corrected chi connectivity index (χ4v) is 8.28. The molecule has 58 heavy (non-hydrogen) atoms. The van der Waals surface area contributed by atoms with E-state index in [-0.39, 0.29) is 13.2 Å². The SMILES string of the molecule is CCCCCCOc1ccc(C2(c3ccc(OCCCCCC)c(C(=O)OCC)c3)c3cc(C)ccc3-c3ccc(C=C(C)CCCCC)cc32)cc1C(=O)OCC. The molecule has 1 aliphatic rings. The van der Waals surface area contributed by atoms with Crippen molar-refractivity contribution in [3.63, 3.8) is 0 Å². The van der Waals surface area contributed by atoms with Gasteiger partial charge in [-0.2, -0.15) is 0 Å². The number of hydrogen-bond donors (Lipinski definition) is 0. The van der Waals surface area contributed by atoms with Crippen molar-refractivity contribution in [2.45, 2.75) is 131 Å². The molecule has 4 aromatic rings. The van der Waals surface area contributed by atoms with Gasteiger partial charge in [0.25, 0.3) is 0 Å². The second-order valence-corrected chi connectivity index (χ2v) is 15.7. The van der Waals surface area contributed by atoms with Gasteiger partial charge in [0.1, 0.15) is 22.6 Å². The average molecular weight is 787 g/mol. The van der Waals surface area contributed by atoms with E-state index in [9.17, 15) is 9.59 Å². The standard InChI is InChI=1S/C52H66O6/c1-8-13-16-19-30-57-48-28-24-40(35-44(48)50(53)55-11-4)52(41-25-29-49(58-31-20-17-14-9-2)45(36-41)51(54)56-12-5)46-33-38(7)22-26-42(46)43-27-23-39(34-47(43)52)32-37(6)21-18-15-10-3/h22-29,32-36H,8-21,30-31H2,1-7H3. The van der Waals surface area contributed by atoms with Crippen molar-refractivity contribution < 1.29 is 28.5 Å². The van der Waals surface area contributed by atoms with Crippen LogP contribution >= 0.6 is 0 Å². The summed E-state index contributed by atoms with van der Waals surface area (Å²) in [5, 5.41) is 0. The lowest BCUT2D eigenvalue weighted by molar-refractivity contribution is 0.0511. The van der Waals surface area contributed by atoms with E-state index in [2.05, 4.69) is 89.2 Å². The molecule has 0 spiro atoms. The van der Waals surface area contributed by atoms with Gasteiger partial charge in [-0.05, 0) is 123 Å². The molecule has 0 unspecified atom stereocenters. The second kappa shape index (κ2) is 21.8. The number of carbonyl (C=O) groups is 2. The summed E-state index contributed by atoms with van der Waals surface area (Å²) in [4.78, 5) is 27.8. The van der Waals surface area contributed by atoms with Crippen molar-refractivity contribution in [2.24, 2.45) is 0 Å². The molecule has 0 amide bonds. The van der Waals surface area contributed by atoms with Crippen LogP contribution < -0.4 is 9.47 Å². The highest BCUT2D eigenvalue weighted by Crippen LogP contribution is 2.57.